The lowest BCUT2D eigenvalue weighted by Gasteiger charge is -2.31. The van der Waals surface area contributed by atoms with Gasteiger partial charge >= 0.3 is 0 Å². The fraction of sp³-hybridized carbons (Fsp3) is 0.647. The van der Waals surface area contributed by atoms with Gasteiger partial charge in [-0.3, -0.25) is 10.1 Å². The molecule has 0 aliphatic heterocycles. The zero-order chi connectivity index (χ0) is 15.5. The number of nitro benzene ring substituents is 1. The fourth-order valence-corrected chi connectivity index (χ4v) is 3.77. The molecular formula is C17H26N2O2. The van der Waals surface area contributed by atoms with Gasteiger partial charge in [0, 0.05) is 12.1 Å². The number of hydrogen-bond donors (Lipinski definition) is 1. The van der Waals surface area contributed by atoms with Crippen LogP contribution in [-0.2, 0) is 0 Å². The van der Waals surface area contributed by atoms with Crippen LogP contribution in [0.5, 0.6) is 0 Å². The Morgan fingerprint density at radius 1 is 1.33 bits per heavy atom. The molecule has 0 amide bonds. The average Bonchev–Trinajstić information content (AvgIpc) is 2.84. The van der Waals surface area contributed by atoms with E-state index in [1.54, 1.807) is 13.0 Å². The molecule has 116 valence electrons. The molecule has 0 saturated heterocycles. The minimum atomic E-state index is -0.276. The zero-order valence-electron chi connectivity index (χ0n) is 13.3. The van der Waals surface area contributed by atoms with Crippen LogP contribution in [-0.4, -0.2) is 11.5 Å². The number of nitrogens with one attached hydrogen (secondary N) is 1. The first kappa shape index (κ1) is 15.8. The Morgan fingerprint density at radius 3 is 2.57 bits per heavy atom. The van der Waals surface area contributed by atoms with Crippen molar-refractivity contribution in [2.24, 2.45) is 11.3 Å². The standard InChI is InChI=1S/C17H26N2O2/c1-13(2)11-17(9-4-5-10-17)12-18-15-8-6-7-14(3)16(15)19(20)21/h6-8,13,18H,4-5,9-12H2,1-3H3. The van der Waals surface area contributed by atoms with Crippen molar-refractivity contribution in [3.05, 3.63) is 33.9 Å². The summed E-state index contributed by atoms with van der Waals surface area (Å²) in [7, 11) is 0. The molecule has 0 atom stereocenters. The highest BCUT2D eigenvalue weighted by atomic mass is 16.6. The van der Waals surface area contributed by atoms with Gasteiger partial charge in [-0.05, 0) is 43.6 Å². The molecule has 0 spiro atoms. The molecule has 0 bridgehead atoms. The maximum atomic E-state index is 11.3. The molecule has 1 aliphatic rings. The lowest BCUT2D eigenvalue weighted by atomic mass is 9.78. The molecule has 0 aromatic heterocycles. The van der Waals surface area contributed by atoms with Gasteiger partial charge in [-0.15, -0.1) is 0 Å². The van der Waals surface area contributed by atoms with Crippen molar-refractivity contribution in [3.8, 4) is 0 Å². The molecule has 1 aliphatic carbocycles. The first-order chi connectivity index (χ1) is 9.93. The van der Waals surface area contributed by atoms with Gasteiger partial charge in [0.15, 0.2) is 0 Å². The second-order valence-corrected chi connectivity index (χ2v) is 6.89. The number of aryl methyl sites for hydroxylation is 1. The van der Waals surface area contributed by atoms with Crippen LogP contribution < -0.4 is 5.32 Å². The Hall–Kier alpha value is -1.58. The molecular weight excluding hydrogens is 264 g/mol. The summed E-state index contributed by atoms with van der Waals surface area (Å²) in [5.74, 6) is 0.664. The molecule has 4 nitrogen and oxygen atoms in total. The molecule has 1 saturated carbocycles. The first-order valence-corrected chi connectivity index (χ1v) is 7.91. The van der Waals surface area contributed by atoms with Crippen molar-refractivity contribution >= 4 is 11.4 Å². The van der Waals surface area contributed by atoms with Crippen LogP contribution in [0.4, 0.5) is 11.4 Å². The summed E-state index contributed by atoms with van der Waals surface area (Å²) in [5, 5.41) is 14.6. The lowest BCUT2D eigenvalue weighted by molar-refractivity contribution is -0.384. The monoisotopic (exact) mass is 290 g/mol. The first-order valence-electron chi connectivity index (χ1n) is 7.91. The van der Waals surface area contributed by atoms with Crippen molar-refractivity contribution in [1.82, 2.24) is 0 Å². The fourth-order valence-electron chi connectivity index (χ4n) is 3.77. The van der Waals surface area contributed by atoms with E-state index < -0.39 is 0 Å². The highest BCUT2D eigenvalue weighted by Gasteiger charge is 2.34. The lowest BCUT2D eigenvalue weighted by Crippen LogP contribution is -2.28. The van der Waals surface area contributed by atoms with Gasteiger partial charge in [0.05, 0.1) is 4.92 Å². The summed E-state index contributed by atoms with van der Waals surface area (Å²) in [6, 6.07) is 5.50. The van der Waals surface area contributed by atoms with E-state index in [4.69, 9.17) is 0 Å². The minimum Gasteiger partial charge on any atom is -0.379 e. The van der Waals surface area contributed by atoms with Gasteiger partial charge < -0.3 is 5.32 Å². The number of para-hydroxylation sites is 1. The van der Waals surface area contributed by atoms with E-state index in [2.05, 4.69) is 19.2 Å². The van der Waals surface area contributed by atoms with Crippen LogP contribution >= 0.6 is 0 Å². The van der Waals surface area contributed by atoms with Crippen LogP contribution in [0.15, 0.2) is 18.2 Å². The SMILES string of the molecule is Cc1cccc(NCC2(CC(C)C)CCCC2)c1[N+](=O)[O-]. The molecule has 1 fully saturated rings. The van der Waals surface area contributed by atoms with Crippen LogP contribution in [0.2, 0.25) is 0 Å². The van der Waals surface area contributed by atoms with Gasteiger partial charge in [-0.25, -0.2) is 0 Å². The van der Waals surface area contributed by atoms with Gasteiger partial charge in [0.1, 0.15) is 5.69 Å². The van der Waals surface area contributed by atoms with E-state index in [9.17, 15) is 10.1 Å². The number of nitrogens with zero attached hydrogens (tertiary/aromatic N) is 1. The van der Waals surface area contributed by atoms with E-state index in [0.717, 1.165) is 6.54 Å². The Bertz CT molecular complexity index is 506. The predicted molar refractivity (Wildman–Crippen MR) is 86.7 cm³/mol. The van der Waals surface area contributed by atoms with Gasteiger partial charge in [0.2, 0.25) is 0 Å². The van der Waals surface area contributed by atoms with Crippen LogP contribution in [0.3, 0.4) is 0 Å². The zero-order valence-corrected chi connectivity index (χ0v) is 13.3. The molecule has 2 rings (SSSR count). The van der Waals surface area contributed by atoms with E-state index in [1.807, 2.05) is 12.1 Å². The highest BCUT2D eigenvalue weighted by molar-refractivity contribution is 5.65. The molecule has 1 aromatic carbocycles. The highest BCUT2D eigenvalue weighted by Crippen LogP contribution is 2.43. The number of anilines is 1. The van der Waals surface area contributed by atoms with E-state index in [0.29, 0.717) is 22.6 Å². The number of nitro groups is 1. The quantitative estimate of drug-likeness (QED) is 0.597. The molecule has 0 radical (unpaired) electrons. The molecule has 4 heteroatoms. The van der Waals surface area contributed by atoms with Gasteiger partial charge in [-0.2, -0.15) is 0 Å². The summed E-state index contributed by atoms with van der Waals surface area (Å²) in [6.45, 7) is 7.16. The Morgan fingerprint density at radius 2 is 2.00 bits per heavy atom. The molecule has 1 N–H and O–H groups in total. The van der Waals surface area contributed by atoms with Crippen LogP contribution in [0, 0.1) is 28.4 Å². The Balaban J connectivity index is 2.15. The smallest absolute Gasteiger partial charge is 0.295 e. The molecule has 21 heavy (non-hydrogen) atoms. The topological polar surface area (TPSA) is 55.2 Å². The predicted octanol–water partition coefficient (Wildman–Crippen LogP) is 4.92. The molecule has 1 aromatic rings. The summed E-state index contributed by atoms with van der Waals surface area (Å²) in [4.78, 5) is 11.0. The van der Waals surface area contributed by atoms with Gasteiger partial charge in [0.25, 0.3) is 5.69 Å². The second kappa shape index (κ2) is 6.46. The third-order valence-corrected chi connectivity index (χ3v) is 4.58. The Labute approximate surface area is 127 Å². The van der Waals surface area contributed by atoms with Crippen molar-refractivity contribution in [2.75, 3.05) is 11.9 Å². The number of hydrogen-bond acceptors (Lipinski definition) is 3. The summed E-state index contributed by atoms with van der Waals surface area (Å²) in [6.07, 6.45) is 6.23. The molecule has 0 unspecified atom stereocenters. The number of rotatable bonds is 6. The summed E-state index contributed by atoms with van der Waals surface area (Å²) < 4.78 is 0. The van der Waals surface area contributed by atoms with Gasteiger partial charge in [-0.1, -0.05) is 38.8 Å². The van der Waals surface area contributed by atoms with Crippen molar-refractivity contribution in [3.63, 3.8) is 0 Å². The number of benzene rings is 1. The molecule has 0 heterocycles. The second-order valence-electron chi connectivity index (χ2n) is 6.89. The van der Waals surface area contributed by atoms with Crippen LogP contribution in [0.1, 0.15) is 51.5 Å². The van der Waals surface area contributed by atoms with E-state index in [-0.39, 0.29) is 10.6 Å². The van der Waals surface area contributed by atoms with Crippen molar-refractivity contribution in [2.45, 2.75) is 52.9 Å². The Kier molecular flexibility index (Phi) is 4.86. The summed E-state index contributed by atoms with van der Waals surface area (Å²) >= 11 is 0. The van der Waals surface area contributed by atoms with E-state index >= 15 is 0 Å². The third kappa shape index (κ3) is 3.74. The van der Waals surface area contributed by atoms with Crippen molar-refractivity contribution in [1.29, 1.82) is 0 Å². The minimum absolute atomic E-state index is 0.218. The maximum absolute atomic E-state index is 11.3. The van der Waals surface area contributed by atoms with E-state index in [1.165, 1.54) is 32.1 Å². The normalized spacial score (nSPS) is 17.1. The third-order valence-electron chi connectivity index (χ3n) is 4.58. The largest absolute Gasteiger partial charge is 0.379 e. The van der Waals surface area contributed by atoms with Crippen LogP contribution in [0.25, 0.3) is 0 Å². The maximum Gasteiger partial charge on any atom is 0.295 e. The van der Waals surface area contributed by atoms with Crippen molar-refractivity contribution < 1.29 is 4.92 Å². The average molecular weight is 290 g/mol. The summed E-state index contributed by atoms with van der Waals surface area (Å²) in [5.41, 5.74) is 1.91.